The van der Waals surface area contributed by atoms with Crippen LogP contribution in [-0.4, -0.2) is 54.6 Å². The molecule has 0 unspecified atom stereocenters. The summed E-state index contributed by atoms with van der Waals surface area (Å²) in [4.78, 5) is 18.7. The molecular weight excluding hydrogens is 308 g/mol. The Morgan fingerprint density at radius 3 is 2.87 bits per heavy atom. The number of nitrogens with zero attached hydrogens (tertiary/aromatic N) is 2. The lowest BCUT2D eigenvalue weighted by molar-refractivity contribution is -0.142. The number of amides is 1. The van der Waals surface area contributed by atoms with E-state index in [-0.39, 0.29) is 5.92 Å². The average Bonchev–Trinajstić information content (AvgIpc) is 3.08. The fourth-order valence-electron chi connectivity index (χ4n) is 3.64. The zero-order valence-corrected chi connectivity index (χ0v) is 14.9. The summed E-state index contributed by atoms with van der Waals surface area (Å²) < 4.78 is 5.78. The van der Waals surface area contributed by atoms with Crippen LogP contribution < -0.4 is 0 Å². The smallest absolute Gasteiger partial charge is 0.225 e. The molecule has 0 aromatic carbocycles. The van der Waals surface area contributed by atoms with E-state index in [1.54, 1.807) is 0 Å². The molecule has 0 bridgehead atoms. The highest BCUT2D eigenvalue weighted by Crippen LogP contribution is 2.25. The van der Waals surface area contributed by atoms with Crippen molar-refractivity contribution in [3.8, 4) is 0 Å². The molecule has 2 atom stereocenters. The van der Waals surface area contributed by atoms with Crippen molar-refractivity contribution in [1.29, 1.82) is 0 Å². The molecule has 0 aliphatic carbocycles. The highest BCUT2D eigenvalue weighted by atomic mass is 32.1. The third-order valence-corrected chi connectivity index (χ3v) is 5.83. The van der Waals surface area contributed by atoms with Crippen LogP contribution in [0.15, 0.2) is 17.5 Å². The normalized spacial score (nSPS) is 26.4. The van der Waals surface area contributed by atoms with E-state index < -0.39 is 0 Å². The van der Waals surface area contributed by atoms with Gasteiger partial charge in [0.2, 0.25) is 5.91 Å². The Hall–Kier alpha value is -0.910. The Morgan fingerprint density at radius 1 is 1.35 bits per heavy atom. The van der Waals surface area contributed by atoms with Gasteiger partial charge >= 0.3 is 0 Å². The monoisotopic (exact) mass is 336 g/mol. The summed E-state index contributed by atoms with van der Waals surface area (Å²) in [6.45, 7) is 7.69. The first-order valence-corrected chi connectivity index (χ1v) is 9.79. The minimum atomic E-state index is 0.184. The summed E-state index contributed by atoms with van der Waals surface area (Å²) in [7, 11) is 0. The van der Waals surface area contributed by atoms with Gasteiger partial charge in [-0.2, -0.15) is 0 Å². The quantitative estimate of drug-likeness (QED) is 0.829. The molecule has 23 heavy (non-hydrogen) atoms. The molecule has 128 valence electrons. The molecule has 1 aromatic heterocycles. The molecule has 3 heterocycles. The van der Waals surface area contributed by atoms with Gasteiger partial charge in [-0.25, -0.2) is 0 Å². The maximum Gasteiger partial charge on any atom is 0.225 e. The fourth-order valence-corrected chi connectivity index (χ4v) is 4.38. The van der Waals surface area contributed by atoms with Crippen molar-refractivity contribution < 1.29 is 9.53 Å². The molecule has 0 saturated carbocycles. The molecule has 2 fully saturated rings. The molecule has 2 saturated heterocycles. The van der Waals surface area contributed by atoms with E-state index in [9.17, 15) is 4.79 Å². The van der Waals surface area contributed by atoms with E-state index >= 15 is 0 Å². The minimum Gasteiger partial charge on any atom is -0.378 e. The molecule has 0 N–H and O–H groups in total. The standard InChI is InChI=1S/C18H28N2O2S/c1-2-4-16-13-15(6-11-22-16)18(21)20-9-7-19(8-10-20)14-17-5-3-12-23-17/h3,5,12,15-16H,2,4,6-11,13-14H2,1H3/t15-,16+/m1/s1. The van der Waals surface area contributed by atoms with Crippen LogP contribution in [-0.2, 0) is 16.1 Å². The first-order valence-electron chi connectivity index (χ1n) is 8.91. The van der Waals surface area contributed by atoms with E-state index in [1.165, 1.54) is 4.88 Å². The number of ether oxygens (including phenoxy) is 1. The van der Waals surface area contributed by atoms with Crippen LogP contribution in [0.5, 0.6) is 0 Å². The van der Waals surface area contributed by atoms with Gasteiger partial charge in [0, 0.05) is 50.1 Å². The van der Waals surface area contributed by atoms with Crippen LogP contribution in [0.4, 0.5) is 0 Å². The fraction of sp³-hybridized carbons (Fsp3) is 0.722. The van der Waals surface area contributed by atoms with Crippen molar-refractivity contribution >= 4 is 17.2 Å². The topological polar surface area (TPSA) is 32.8 Å². The summed E-state index contributed by atoms with van der Waals surface area (Å²) >= 11 is 1.82. The Kier molecular flexibility index (Phi) is 6.08. The number of carbonyl (C=O) groups excluding carboxylic acids is 1. The lowest BCUT2D eigenvalue weighted by atomic mass is 9.92. The van der Waals surface area contributed by atoms with Crippen molar-refractivity contribution in [2.45, 2.75) is 45.3 Å². The molecular formula is C18H28N2O2S. The summed E-state index contributed by atoms with van der Waals surface area (Å²) in [5.74, 6) is 0.550. The summed E-state index contributed by atoms with van der Waals surface area (Å²) in [5.41, 5.74) is 0. The van der Waals surface area contributed by atoms with Gasteiger partial charge in [0.25, 0.3) is 0 Å². The molecule has 5 heteroatoms. The van der Waals surface area contributed by atoms with Crippen LogP contribution in [0.3, 0.4) is 0 Å². The molecule has 2 aliphatic rings. The van der Waals surface area contributed by atoms with Gasteiger partial charge in [-0.1, -0.05) is 19.4 Å². The predicted molar refractivity (Wildman–Crippen MR) is 93.5 cm³/mol. The number of piperazine rings is 1. The summed E-state index contributed by atoms with van der Waals surface area (Å²) in [6, 6.07) is 4.30. The summed E-state index contributed by atoms with van der Waals surface area (Å²) in [5, 5.41) is 2.13. The maximum absolute atomic E-state index is 12.8. The molecule has 1 amide bonds. The van der Waals surface area contributed by atoms with Crippen LogP contribution in [0.1, 0.15) is 37.5 Å². The van der Waals surface area contributed by atoms with Crippen molar-refractivity contribution in [1.82, 2.24) is 9.80 Å². The minimum absolute atomic E-state index is 0.184. The van der Waals surface area contributed by atoms with Gasteiger partial charge in [0.15, 0.2) is 0 Å². The Labute approximate surface area is 143 Å². The van der Waals surface area contributed by atoms with Crippen molar-refractivity contribution in [2.75, 3.05) is 32.8 Å². The Balaban J connectivity index is 1.46. The number of rotatable bonds is 5. The van der Waals surface area contributed by atoms with E-state index in [0.29, 0.717) is 12.0 Å². The number of hydrogen-bond acceptors (Lipinski definition) is 4. The Morgan fingerprint density at radius 2 is 2.17 bits per heavy atom. The van der Waals surface area contributed by atoms with Crippen LogP contribution in [0.25, 0.3) is 0 Å². The molecule has 4 nitrogen and oxygen atoms in total. The maximum atomic E-state index is 12.8. The van der Waals surface area contributed by atoms with Gasteiger partial charge < -0.3 is 9.64 Å². The summed E-state index contributed by atoms with van der Waals surface area (Å²) in [6.07, 6.45) is 4.32. The highest BCUT2D eigenvalue weighted by Gasteiger charge is 2.31. The second kappa shape index (κ2) is 8.27. The predicted octanol–water partition coefficient (Wildman–Crippen LogP) is 2.99. The SMILES string of the molecule is CCC[C@H]1C[C@H](C(=O)N2CCN(Cc3cccs3)CC2)CCO1. The molecule has 0 radical (unpaired) electrons. The van der Waals surface area contributed by atoms with Gasteiger partial charge in [-0.3, -0.25) is 9.69 Å². The van der Waals surface area contributed by atoms with Crippen LogP contribution in [0, 0.1) is 5.92 Å². The van der Waals surface area contributed by atoms with Crippen molar-refractivity contribution in [3.05, 3.63) is 22.4 Å². The van der Waals surface area contributed by atoms with E-state index in [1.807, 2.05) is 11.3 Å². The zero-order valence-electron chi connectivity index (χ0n) is 14.1. The zero-order chi connectivity index (χ0) is 16.1. The molecule has 2 aliphatic heterocycles. The molecule has 3 rings (SSSR count). The third kappa shape index (κ3) is 4.55. The van der Waals surface area contributed by atoms with Crippen molar-refractivity contribution in [2.24, 2.45) is 5.92 Å². The number of hydrogen-bond donors (Lipinski definition) is 0. The van der Waals surface area contributed by atoms with E-state index in [0.717, 1.165) is 65.0 Å². The lowest BCUT2D eigenvalue weighted by Gasteiger charge is -2.38. The number of carbonyl (C=O) groups is 1. The van der Waals surface area contributed by atoms with Crippen molar-refractivity contribution in [3.63, 3.8) is 0 Å². The second-order valence-electron chi connectivity index (χ2n) is 6.68. The number of thiophene rings is 1. The molecule has 0 spiro atoms. The largest absolute Gasteiger partial charge is 0.378 e. The first-order chi connectivity index (χ1) is 11.3. The van der Waals surface area contributed by atoms with Crippen LogP contribution >= 0.6 is 11.3 Å². The van der Waals surface area contributed by atoms with Crippen LogP contribution in [0.2, 0.25) is 0 Å². The molecule has 1 aromatic rings. The Bertz CT molecular complexity index is 481. The lowest BCUT2D eigenvalue weighted by Crippen LogP contribution is -2.50. The van der Waals surface area contributed by atoms with Gasteiger partial charge in [0.1, 0.15) is 0 Å². The average molecular weight is 337 g/mol. The van der Waals surface area contributed by atoms with Gasteiger partial charge in [-0.15, -0.1) is 11.3 Å². The third-order valence-electron chi connectivity index (χ3n) is 4.97. The van der Waals surface area contributed by atoms with E-state index in [2.05, 4.69) is 34.2 Å². The second-order valence-corrected chi connectivity index (χ2v) is 7.72. The van der Waals surface area contributed by atoms with E-state index in [4.69, 9.17) is 4.74 Å². The first kappa shape index (κ1) is 16.9. The van der Waals surface area contributed by atoms with Gasteiger partial charge in [-0.05, 0) is 30.7 Å². The highest BCUT2D eigenvalue weighted by molar-refractivity contribution is 7.09. The van der Waals surface area contributed by atoms with Gasteiger partial charge in [0.05, 0.1) is 6.10 Å².